The third kappa shape index (κ3) is 2.40. The van der Waals surface area contributed by atoms with Crippen molar-refractivity contribution in [2.75, 3.05) is 13.2 Å². The van der Waals surface area contributed by atoms with Gasteiger partial charge in [-0.2, -0.15) is 5.10 Å². The smallest absolute Gasteiger partial charge is 0.241 e. The van der Waals surface area contributed by atoms with Crippen LogP contribution < -0.4 is 11.1 Å². The molecule has 1 aromatic rings. The van der Waals surface area contributed by atoms with E-state index in [1.807, 2.05) is 0 Å². The first-order chi connectivity index (χ1) is 7.66. The lowest BCUT2D eigenvalue weighted by Crippen LogP contribution is -2.40. The van der Waals surface area contributed by atoms with Crippen molar-refractivity contribution in [1.29, 1.82) is 0 Å². The number of hydrogen-bond donors (Lipinski definition) is 2. The lowest BCUT2D eigenvalue weighted by atomic mass is 10.1. The molecule has 1 aromatic heterocycles. The second kappa shape index (κ2) is 4.63. The Hall–Kier alpha value is -1.40. The van der Waals surface area contributed by atoms with E-state index in [0.29, 0.717) is 13.2 Å². The second-order valence-corrected chi connectivity index (χ2v) is 3.99. The molecule has 1 aliphatic heterocycles. The molecule has 2 atom stereocenters. The summed E-state index contributed by atoms with van der Waals surface area (Å²) in [7, 11) is 1.79. The van der Waals surface area contributed by atoms with Gasteiger partial charge in [-0.15, -0.1) is 0 Å². The van der Waals surface area contributed by atoms with E-state index in [1.54, 1.807) is 24.1 Å². The summed E-state index contributed by atoms with van der Waals surface area (Å²) in [5.74, 6) is -0.177. The first-order valence-electron chi connectivity index (χ1n) is 5.29. The van der Waals surface area contributed by atoms with E-state index >= 15 is 0 Å². The number of ether oxygens (including phenoxy) is 1. The molecule has 16 heavy (non-hydrogen) atoms. The Balaban J connectivity index is 1.93. The highest BCUT2D eigenvalue weighted by Gasteiger charge is 2.23. The molecule has 1 fully saturated rings. The minimum atomic E-state index is -0.658. The molecule has 3 N–H and O–H groups in total. The predicted molar refractivity (Wildman–Crippen MR) is 57.5 cm³/mol. The number of nitrogens with one attached hydrogen (secondary N) is 1. The molecule has 0 aromatic carbocycles. The van der Waals surface area contributed by atoms with E-state index in [-0.39, 0.29) is 11.9 Å². The standard InChI is InChI=1S/C10H16N4O2/c1-14-5-7(4-12-14)9(11)10(15)13-8-2-3-16-6-8/h4-5,8-9H,2-3,6,11H2,1H3,(H,13,15). The molecule has 0 saturated carbocycles. The van der Waals surface area contributed by atoms with Crippen LogP contribution in [-0.4, -0.2) is 34.9 Å². The molecule has 88 valence electrons. The molecular weight excluding hydrogens is 208 g/mol. The lowest BCUT2D eigenvalue weighted by Gasteiger charge is -2.14. The second-order valence-electron chi connectivity index (χ2n) is 3.99. The molecule has 6 heteroatoms. The largest absolute Gasteiger partial charge is 0.379 e. The highest BCUT2D eigenvalue weighted by atomic mass is 16.5. The van der Waals surface area contributed by atoms with Gasteiger partial charge in [0.15, 0.2) is 0 Å². The lowest BCUT2D eigenvalue weighted by molar-refractivity contribution is -0.123. The number of rotatable bonds is 3. The maximum absolute atomic E-state index is 11.8. The highest BCUT2D eigenvalue weighted by Crippen LogP contribution is 2.10. The maximum atomic E-state index is 11.8. The van der Waals surface area contributed by atoms with Gasteiger partial charge in [-0.25, -0.2) is 0 Å². The van der Waals surface area contributed by atoms with Gasteiger partial charge in [-0.3, -0.25) is 9.48 Å². The molecule has 0 bridgehead atoms. The average molecular weight is 224 g/mol. The van der Waals surface area contributed by atoms with Crippen LogP contribution in [0.15, 0.2) is 12.4 Å². The fraction of sp³-hybridized carbons (Fsp3) is 0.600. The summed E-state index contributed by atoms with van der Waals surface area (Å²) in [5, 5.41) is 6.84. The third-order valence-electron chi connectivity index (χ3n) is 2.64. The van der Waals surface area contributed by atoms with Crippen molar-refractivity contribution in [2.24, 2.45) is 12.8 Å². The summed E-state index contributed by atoms with van der Waals surface area (Å²) in [6.07, 6.45) is 4.20. The number of aromatic nitrogens is 2. The summed E-state index contributed by atoms with van der Waals surface area (Å²) < 4.78 is 6.80. The van der Waals surface area contributed by atoms with E-state index in [4.69, 9.17) is 10.5 Å². The van der Waals surface area contributed by atoms with Crippen LogP contribution in [0.5, 0.6) is 0 Å². The molecule has 1 saturated heterocycles. The Morgan fingerprint density at radius 1 is 1.81 bits per heavy atom. The van der Waals surface area contributed by atoms with E-state index in [9.17, 15) is 4.79 Å². The first kappa shape index (κ1) is 11.1. The number of carbonyl (C=O) groups is 1. The summed E-state index contributed by atoms with van der Waals surface area (Å²) in [6.45, 7) is 1.28. The SMILES string of the molecule is Cn1cc(C(N)C(=O)NC2CCOC2)cn1. The van der Waals surface area contributed by atoms with Crippen molar-refractivity contribution >= 4 is 5.91 Å². The van der Waals surface area contributed by atoms with Crippen LogP contribution >= 0.6 is 0 Å². The van der Waals surface area contributed by atoms with Crippen LogP contribution in [0.4, 0.5) is 0 Å². The van der Waals surface area contributed by atoms with Gasteiger partial charge in [0.2, 0.25) is 5.91 Å². The monoisotopic (exact) mass is 224 g/mol. The highest BCUT2D eigenvalue weighted by molar-refractivity contribution is 5.83. The van der Waals surface area contributed by atoms with Gasteiger partial charge in [0.1, 0.15) is 6.04 Å². The van der Waals surface area contributed by atoms with Crippen molar-refractivity contribution in [3.8, 4) is 0 Å². The fourth-order valence-corrected chi connectivity index (χ4v) is 1.69. The van der Waals surface area contributed by atoms with E-state index in [2.05, 4.69) is 10.4 Å². The average Bonchev–Trinajstić information content (AvgIpc) is 2.88. The van der Waals surface area contributed by atoms with Gasteiger partial charge < -0.3 is 15.8 Å². The van der Waals surface area contributed by atoms with Crippen molar-refractivity contribution in [3.05, 3.63) is 18.0 Å². The van der Waals surface area contributed by atoms with Crippen molar-refractivity contribution in [1.82, 2.24) is 15.1 Å². The zero-order valence-corrected chi connectivity index (χ0v) is 9.22. The summed E-state index contributed by atoms with van der Waals surface area (Å²) in [5.41, 5.74) is 6.54. The summed E-state index contributed by atoms with van der Waals surface area (Å²) in [6, 6.07) is -0.565. The molecule has 0 radical (unpaired) electrons. The normalized spacial score (nSPS) is 22.0. The number of hydrogen-bond acceptors (Lipinski definition) is 4. The zero-order chi connectivity index (χ0) is 11.5. The maximum Gasteiger partial charge on any atom is 0.241 e. The van der Waals surface area contributed by atoms with Gasteiger partial charge in [0, 0.05) is 25.4 Å². The number of nitrogens with zero attached hydrogens (tertiary/aromatic N) is 2. The fourth-order valence-electron chi connectivity index (χ4n) is 1.69. The Labute approximate surface area is 93.8 Å². The van der Waals surface area contributed by atoms with E-state index < -0.39 is 6.04 Å². The van der Waals surface area contributed by atoms with Gasteiger partial charge in [-0.1, -0.05) is 0 Å². The van der Waals surface area contributed by atoms with Gasteiger partial charge in [0.05, 0.1) is 18.8 Å². The van der Waals surface area contributed by atoms with Crippen LogP contribution in [0.25, 0.3) is 0 Å². The van der Waals surface area contributed by atoms with Crippen LogP contribution in [0.2, 0.25) is 0 Å². The van der Waals surface area contributed by atoms with Gasteiger partial charge in [0.25, 0.3) is 0 Å². The number of amides is 1. The van der Waals surface area contributed by atoms with E-state index in [0.717, 1.165) is 12.0 Å². The summed E-state index contributed by atoms with van der Waals surface area (Å²) >= 11 is 0. The van der Waals surface area contributed by atoms with Crippen LogP contribution in [0, 0.1) is 0 Å². The Kier molecular flexibility index (Phi) is 3.21. The van der Waals surface area contributed by atoms with Gasteiger partial charge >= 0.3 is 0 Å². The third-order valence-corrected chi connectivity index (χ3v) is 2.64. The molecule has 1 amide bonds. The number of carbonyl (C=O) groups excluding carboxylic acids is 1. The van der Waals surface area contributed by atoms with Crippen LogP contribution in [-0.2, 0) is 16.6 Å². The molecule has 0 spiro atoms. The Bertz CT molecular complexity index is 371. The van der Waals surface area contributed by atoms with Crippen LogP contribution in [0.3, 0.4) is 0 Å². The molecule has 6 nitrogen and oxygen atoms in total. The van der Waals surface area contributed by atoms with Crippen LogP contribution in [0.1, 0.15) is 18.0 Å². The molecule has 2 unspecified atom stereocenters. The first-order valence-corrected chi connectivity index (χ1v) is 5.29. The molecular formula is C10H16N4O2. The molecule has 2 rings (SSSR count). The minimum Gasteiger partial charge on any atom is -0.379 e. The Morgan fingerprint density at radius 3 is 3.19 bits per heavy atom. The number of aryl methyl sites for hydroxylation is 1. The van der Waals surface area contributed by atoms with Crippen molar-refractivity contribution < 1.29 is 9.53 Å². The van der Waals surface area contributed by atoms with Crippen molar-refractivity contribution in [3.63, 3.8) is 0 Å². The predicted octanol–water partition coefficient (Wildman–Crippen LogP) is -0.675. The zero-order valence-electron chi connectivity index (χ0n) is 9.22. The van der Waals surface area contributed by atoms with Gasteiger partial charge in [-0.05, 0) is 6.42 Å². The topological polar surface area (TPSA) is 82.2 Å². The quantitative estimate of drug-likeness (QED) is 0.713. The Morgan fingerprint density at radius 2 is 2.62 bits per heavy atom. The molecule has 1 aliphatic rings. The molecule has 0 aliphatic carbocycles. The minimum absolute atomic E-state index is 0.0928. The van der Waals surface area contributed by atoms with Crippen molar-refractivity contribution in [2.45, 2.75) is 18.5 Å². The number of nitrogens with two attached hydrogens (primary N) is 1. The summed E-state index contributed by atoms with van der Waals surface area (Å²) in [4.78, 5) is 11.8. The molecule has 2 heterocycles. The van der Waals surface area contributed by atoms with E-state index in [1.165, 1.54) is 0 Å².